The van der Waals surface area contributed by atoms with Crippen molar-refractivity contribution in [2.24, 2.45) is 0 Å². The van der Waals surface area contributed by atoms with E-state index in [1.54, 1.807) is 10.9 Å². The van der Waals surface area contributed by atoms with Gasteiger partial charge in [0.15, 0.2) is 5.82 Å². The molecule has 5 heteroatoms. The maximum atomic E-state index is 11.9. The zero-order valence-electron chi connectivity index (χ0n) is 12.3. The first-order valence-corrected chi connectivity index (χ1v) is 6.70. The van der Waals surface area contributed by atoms with Crippen LogP contribution in [0.15, 0.2) is 24.4 Å². The van der Waals surface area contributed by atoms with Gasteiger partial charge in [-0.3, -0.25) is 4.79 Å². The van der Waals surface area contributed by atoms with E-state index in [0.717, 1.165) is 22.8 Å². The summed E-state index contributed by atoms with van der Waals surface area (Å²) in [6.07, 6.45) is 1.72. The van der Waals surface area contributed by atoms with Crippen molar-refractivity contribution >= 4 is 5.97 Å². The van der Waals surface area contributed by atoms with E-state index in [1.807, 2.05) is 45.9 Å². The van der Waals surface area contributed by atoms with Gasteiger partial charge in [-0.05, 0) is 39.8 Å². The van der Waals surface area contributed by atoms with Crippen LogP contribution in [0, 0.1) is 13.8 Å². The summed E-state index contributed by atoms with van der Waals surface area (Å²) in [6.45, 7) is 7.88. The van der Waals surface area contributed by atoms with Crippen LogP contribution in [-0.4, -0.2) is 27.3 Å². The van der Waals surface area contributed by atoms with Crippen LogP contribution in [0.3, 0.4) is 0 Å². The summed E-state index contributed by atoms with van der Waals surface area (Å²) in [5.74, 6) is 0.196. The summed E-state index contributed by atoms with van der Waals surface area (Å²) in [5.41, 5.74) is 2.66. The van der Waals surface area contributed by atoms with Gasteiger partial charge >= 0.3 is 5.97 Å². The third-order valence-electron chi connectivity index (χ3n) is 3.29. The van der Waals surface area contributed by atoms with Gasteiger partial charge in [0.2, 0.25) is 0 Å². The summed E-state index contributed by atoms with van der Waals surface area (Å²) in [7, 11) is 0. The number of hydrogen-bond donors (Lipinski definition) is 0. The van der Waals surface area contributed by atoms with E-state index >= 15 is 0 Å². The van der Waals surface area contributed by atoms with Gasteiger partial charge in [0.1, 0.15) is 0 Å². The van der Waals surface area contributed by atoms with E-state index in [-0.39, 0.29) is 11.9 Å². The number of aryl methyl sites for hydroxylation is 1. The standard InChI is InChI=1S/C15H19N3O2/c1-5-20-15(19)10(2)14-11(3)17-18(12(14)4)13-8-6-7-9-16-13/h6-10H,5H2,1-4H3. The lowest BCUT2D eigenvalue weighted by Crippen LogP contribution is -2.14. The number of aromatic nitrogens is 3. The average Bonchev–Trinajstić information content (AvgIpc) is 2.74. The minimum absolute atomic E-state index is 0.223. The van der Waals surface area contributed by atoms with Gasteiger partial charge in [-0.1, -0.05) is 6.07 Å². The number of carbonyl (C=O) groups excluding carboxylic acids is 1. The van der Waals surface area contributed by atoms with Crippen LogP contribution in [-0.2, 0) is 9.53 Å². The normalized spacial score (nSPS) is 12.2. The highest BCUT2D eigenvalue weighted by Gasteiger charge is 2.24. The Kier molecular flexibility index (Phi) is 4.17. The zero-order chi connectivity index (χ0) is 14.7. The maximum absolute atomic E-state index is 11.9. The fourth-order valence-corrected chi connectivity index (χ4v) is 2.37. The van der Waals surface area contributed by atoms with E-state index in [4.69, 9.17) is 4.74 Å². The highest BCUT2D eigenvalue weighted by Crippen LogP contribution is 2.25. The van der Waals surface area contributed by atoms with Crippen molar-refractivity contribution in [3.8, 4) is 5.82 Å². The van der Waals surface area contributed by atoms with Gasteiger partial charge < -0.3 is 4.74 Å². The first kappa shape index (κ1) is 14.2. The molecule has 20 heavy (non-hydrogen) atoms. The highest BCUT2D eigenvalue weighted by atomic mass is 16.5. The fraction of sp³-hybridized carbons (Fsp3) is 0.400. The number of hydrogen-bond acceptors (Lipinski definition) is 4. The first-order chi connectivity index (χ1) is 9.56. The number of ether oxygens (including phenoxy) is 1. The van der Waals surface area contributed by atoms with Crippen molar-refractivity contribution in [1.82, 2.24) is 14.8 Å². The molecule has 2 aromatic heterocycles. The summed E-state index contributed by atoms with van der Waals surface area (Å²) in [6, 6.07) is 5.66. The van der Waals surface area contributed by atoms with Crippen LogP contribution in [0.5, 0.6) is 0 Å². The molecule has 0 amide bonds. The first-order valence-electron chi connectivity index (χ1n) is 6.70. The SMILES string of the molecule is CCOC(=O)C(C)c1c(C)nn(-c2ccccn2)c1C. The van der Waals surface area contributed by atoms with Gasteiger partial charge in [0, 0.05) is 17.5 Å². The molecule has 0 saturated carbocycles. The smallest absolute Gasteiger partial charge is 0.313 e. The second-order valence-electron chi connectivity index (χ2n) is 4.66. The number of rotatable bonds is 4. The van der Waals surface area contributed by atoms with Crippen LogP contribution in [0.25, 0.3) is 5.82 Å². The molecule has 106 valence electrons. The Morgan fingerprint density at radius 3 is 2.75 bits per heavy atom. The van der Waals surface area contributed by atoms with Gasteiger partial charge in [-0.15, -0.1) is 0 Å². The Bertz CT molecular complexity index is 605. The fourth-order valence-electron chi connectivity index (χ4n) is 2.37. The number of esters is 1. The summed E-state index contributed by atoms with van der Waals surface area (Å²) in [4.78, 5) is 16.2. The van der Waals surface area contributed by atoms with E-state index in [0.29, 0.717) is 6.61 Å². The highest BCUT2D eigenvalue weighted by molar-refractivity contribution is 5.78. The Labute approximate surface area is 118 Å². The number of carbonyl (C=O) groups is 1. The third kappa shape index (κ3) is 2.57. The zero-order valence-corrected chi connectivity index (χ0v) is 12.3. The van der Waals surface area contributed by atoms with Crippen LogP contribution < -0.4 is 0 Å². The molecule has 0 saturated heterocycles. The predicted octanol–water partition coefficient (Wildman–Crippen LogP) is 2.55. The number of nitrogens with zero attached hydrogens (tertiary/aromatic N) is 3. The summed E-state index contributed by atoms with van der Waals surface area (Å²) in [5, 5.41) is 4.49. The molecule has 0 aromatic carbocycles. The van der Waals surface area contributed by atoms with E-state index in [1.165, 1.54) is 0 Å². The van der Waals surface area contributed by atoms with Crippen molar-refractivity contribution in [2.45, 2.75) is 33.6 Å². The summed E-state index contributed by atoms with van der Waals surface area (Å²) >= 11 is 0. The largest absolute Gasteiger partial charge is 0.466 e. The molecule has 0 spiro atoms. The van der Waals surface area contributed by atoms with Gasteiger partial charge in [-0.25, -0.2) is 9.67 Å². The summed E-state index contributed by atoms with van der Waals surface area (Å²) < 4.78 is 6.86. The predicted molar refractivity (Wildman–Crippen MR) is 75.9 cm³/mol. The molecule has 0 aliphatic heterocycles. The van der Waals surface area contributed by atoms with Gasteiger partial charge in [0.05, 0.1) is 18.2 Å². The minimum atomic E-state index is -0.326. The van der Waals surface area contributed by atoms with Crippen LogP contribution in [0.1, 0.15) is 36.7 Å². The molecular formula is C15H19N3O2. The minimum Gasteiger partial charge on any atom is -0.466 e. The second kappa shape index (κ2) is 5.86. The van der Waals surface area contributed by atoms with Crippen molar-refractivity contribution in [2.75, 3.05) is 6.61 Å². The molecule has 2 heterocycles. The molecule has 1 unspecified atom stereocenters. The van der Waals surface area contributed by atoms with E-state index in [9.17, 15) is 4.79 Å². The quantitative estimate of drug-likeness (QED) is 0.803. The lowest BCUT2D eigenvalue weighted by molar-refractivity contribution is -0.144. The second-order valence-corrected chi connectivity index (χ2v) is 4.66. The van der Waals surface area contributed by atoms with Crippen molar-refractivity contribution in [1.29, 1.82) is 0 Å². The molecular weight excluding hydrogens is 254 g/mol. The molecule has 5 nitrogen and oxygen atoms in total. The molecule has 2 rings (SSSR count). The molecule has 2 aromatic rings. The molecule has 0 aliphatic carbocycles. The van der Waals surface area contributed by atoms with Crippen molar-refractivity contribution < 1.29 is 9.53 Å². The average molecular weight is 273 g/mol. The Morgan fingerprint density at radius 2 is 2.15 bits per heavy atom. The lowest BCUT2D eigenvalue weighted by Gasteiger charge is -2.11. The van der Waals surface area contributed by atoms with Crippen molar-refractivity contribution in [3.63, 3.8) is 0 Å². The van der Waals surface area contributed by atoms with Crippen LogP contribution in [0.4, 0.5) is 0 Å². The van der Waals surface area contributed by atoms with Crippen LogP contribution >= 0.6 is 0 Å². The van der Waals surface area contributed by atoms with E-state index < -0.39 is 0 Å². The van der Waals surface area contributed by atoms with Gasteiger partial charge in [-0.2, -0.15) is 5.10 Å². The molecule has 0 bridgehead atoms. The molecule has 0 aliphatic rings. The Hall–Kier alpha value is -2.17. The maximum Gasteiger partial charge on any atom is 0.313 e. The molecule has 0 N–H and O–H groups in total. The Balaban J connectivity index is 2.42. The monoisotopic (exact) mass is 273 g/mol. The lowest BCUT2D eigenvalue weighted by atomic mass is 9.99. The molecule has 0 fully saturated rings. The Morgan fingerprint density at radius 1 is 1.40 bits per heavy atom. The van der Waals surface area contributed by atoms with Gasteiger partial charge in [0.25, 0.3) is 0 Å². The molecule has 1 atom stereocenters. The molecule has 0 radical (unpaired) electrons. The van der Waals surface area contributed by atoms with E-state index in [2.05, 4.69) is 10.1 Å². The third-order valence-corrected chi connectivity index (χ3v) is 3.29. The number of pyridine rings is 1. The van der Waals surface area contributed by atoms with Crippen LogP contribution in [0.2, 0.25) is 0 Å². The van der Waals surface area contributed by atoms with Crippen molar-refractivity contribution in [3.05, 3.63) is 41.3 Å². The topological polar surface area (TPSA) is 57.0 Å².